The van der Waals surface area contributed by atoms with Gasteiger partial charge in [-0.25, -0.2) is 5.43 Å². The number of benzene rings is 1. The highest BCUT2D eigenvalue weighted by atomic mass is 32.1. The minimum absolute atomic E-state index is 0.133. The highest BCUT2D eigenvalue weighted by molar-refractivity contribution is 7.80. The summed E-state index contributed by atoms with van der Waals surface area (Å²) in [7, 11) is 0. The van der Waals surface area contributed by atoms with Gasteiger partial charge in [0.1, 0.15) is 5.66 Å². The molecule has 2 N–H and O–H groups in total. The maximum atomic E-state index is 5.45. The standard InChI is InChI=1S/C15H23N3S/c1-5-6-9-15(4)16-14(19)18(17-15)13-8-7-11(2)12(3)10-13/h7-8,10,17H,5-6,9H2,1-4H3,(H,16,19)/t15-/m0/s1. The first-order valence-corrected chi connectivity index (χ1v) is 7.33. The van der Waals surface area contributed by atoms with Crippen LogP contribution in [-0.4, -0.2) is 10.8 Å². The number of aryl methyl sites for hydroxylation is 2. The molecule has 1 aromatic rings. The van der Waals surface area contributed by atoms with Crippen LogP contribution in [0.4, 0.5) is 5.69 Å². The van der Waals surface area contributed by atoms with E-state index in [1.54, 1.807) is 0 Å². The molecule has 0 spiro atoms. The zero-order valence-electron chi connectivity index (χ0n) is 12.2. The van der Waals surface area contributed by atoms with Crippen LogP contribution in [0, 0.1) is 13.8 Å². The third-order valence-electron chi connectivity index (χ3n) is 3.72. The molecule has 1 heterocycles. The molecule has 1 aliphatic rings. The topological polar surface area (TPSA) is 27.3 Å². The van der Waals surface area contributed by atoms with Crippen LogP contribution < -0.4 is 15.8 Å². The van der Waals surface area contributed by atoms with Crippen molar-refractivity contribution in [1.82, 2.24) is 10.7 Å². The molecular weight excluding hydrogens is 254 g/mol. The van der Waals surface area contributed by atoms with Crippen molar-refractivity contribution >= 4 is 23.0 Å². The first kappa shape index (κ1) is 14.3. The zero-order chi connectivity index (χ0) is 14.0. The Bertz CT molecular complexity index is 486. The van der Waals surface area contributed by atoms with Gasteiger partial charge in [-0.1, -0.05) is 19.4 Å². The van der Waals surface area contributed by atoms with Crippen LogP contribution in [0.2, 0.25) is 0 Å². The minimum Gasteiger partial charge on any atom is -0.342 e. The Balaban J connectivity index is 2.17. The van der Waals surface area contributed by atoms with Gasteiger partial charge in [0.15, 0.2) is 5.11 Å². The number of nitrogens with one attached hydrogen (secondary N) is 2. The molecule has 2 rings (SSSR count). The molecule has 19 heavy (non-hydrogen) atoms. The van der Waals surface area contributed by atoms with Crippen LogP contribution in [0.5, 0.6) is 0 Å². The molecule has 0 aromatic heterocycles. The summed E-state index contributed by atoms with van der Waals surface area (Å²) in [5.41, 5.74) is 7.04. The number of nitrogens with zero attached hydrogens (tertiary/aromatic N) is 1. The number of hydrogen-bond acceptors (Lipinski definition) is 2. The minimum atomic E-state index is -0.133. The lowest BCUT2D eigenvalue weighted by Gasteiger charge is -2.25. The maximum Gasteiger partial charge on any atom is 0.189 e. The number of rotatable bonds is 4. The highest BCUT2D eigenvalue weighted by Gasteiger charge is 2.35. The summed E-state index contributed by atoms with van der Waals surface area (Å²) in [6.45, 7) is 8.62. The summed E-state index contributed by atoms with van der Waals surface area (Å²) >= 11 is 5.45. The largest absolute Gasteiger partial charge is 0.342 e. The number of unbranched alkanes of at least 4 members (excludes halogenated alkanes) is 1. The number of hydrogen-bond donors (Lipinski definition) is 2. The van der Waals surface area contributed by atoms with E-state index in [2.05, 4.69) is 56.6 Å². The van der Waals surface area contributed by atoms with Gasteiger partial charge in [-0.3, -0.25) is 5.01 Å². The normalized spacial score (nSPS) is 22.7. The van der Waals surface area contributed by atoms with Crippen molar-refractivity contribution in [3.63, 3.8) is 0 Å². The Hall–Kier alpha value is -1.13. The molecular formula is C15H23N3S. The number of anilines is 1. The molecule has 0 bridgehead atoms. The number of thiocarbonyl (C=S) groups is 1. The van der Waals surface area contributed by atoms with Gasteiger partial charge in [0.05, 0.1) is 5.69 Å². The van der Waals surface area contributed by atoms with Gasteiger partial charge in [0.25, 0.3) is 0 Å². The summed E-state index contributed by atoms with van der Waals surface area (Å²) in [5, 5.41) is 6.13. The fourth-order valence-electron chi connectivity index (χ4n) is 2.31. The highest BCUT2D eigenvalue weighted by Crippen LogP contribution is 2.24. The number of hydrazine groups is 1. The van der Waals surface area contributed by atoms with E-state index >= 15 is 0 Å². The monoisotopic (exact) mass is 277 g/mol. The molecule has 0 saturated carbocycles. The fourth-order valence-corrected chi connectivity index (χ4v) is 2.69. The lowest BCUT2D eigenvalue weighted by atomic mass is 10.1. The first-order chi connectivity index (χ1) is 8.95. The van der Waals surface area contributed by atoms with Gasteiger partial charge in [-0.05, 0) is 69.1 Å². The molecule has 1 atom stereocenters. The summed E-state index contributed by atoms with van der Waals surface area (Å²) in [6, 6.07) is 6.41. The van der Waals surface area contributed by atoms with Crippen molar-refractivity contribution in [2.24, 2.45) is 0 Å². The van der Waals surface area contributed by atoms with E-state index in [1.165, 1.54) is 24.0 Å². The smallest absolute Gasteiger partial charge is 0.189 e. The van der Waals surface area contributed by atoms with Gasteiger partial charge < -0.3 is 5.32 Å². The van der Waals surface area contributed by atoms with Crippen molar-refractivity contribution in [3.8, 4) is 0 Å². The van der Waals surface area contributed by atoms with Gasteiger partial charge in [-0.2, -0.15) is 0 Å². The molecule has 0 aliphatic carbocycles. The van der Waals surface area contributed by atoms with E-state index in [1.807, 2.05) is 5.01 Å². The SMILES string of the molecule is CCCC[C@@]1(C)NC(=S)N(c2ccc(C)c(C)c2)N1. The summed E-state index contributed by atoms with van der Waals surface area (Å²) < 4.78 is 0. The van der Waals surface area contributed by atoms with Crippen LogP contribution in [0.3, 0.4) is 0 Å². The summed E-state index contributed by atoms with van der Waals surface area (Å²) in [5.74, 6) is 0. The predicted octanol–water partition coefficient (Wildman–Crippen LogP) is 3.41. The summed E-state index contributed by atoms with van der Waals surface area (Å²) in [6.07, 6.45) is 3.43. The van der Waals surface area contributed by atoms with Crippen molar-refractivity contribution < 1.29 is 0 Å². The first-order valence-electron chi connectivity index (χ1n) is 6.92. The lowest BCUT2D eigenvalue weighted by molar-refractivity contribution is 0.337. The molecule has 4 heteroatoms. The molecule has 104 valence electrons. The zero-order valence-corrected chi connectivity index (χ0v) is 13.0. The van der Waals surface area contributed by atoms with Crippen molar-refractivity contribution in [2.75, 3.05) is 5.01 Å². The van der Waals surface area contributed by atoms with E-state index in [4.69, 9.17) is 12.2 Å². The Labute approximate surface area is 121 Å². The van der Waals surface area contributed by atoms with E-state index in [-0.39, 0.29) is 5.66 Å². The van der Waals surface area contributed by atoms with Gasteiger partial charge in [0.2, 0.25) is 0 Å². The molecule has 0 amide bonds. The van der Waals surface area contributed by atoms with E-state index in [0.29, 0.717) is 0 Å². The van der Waals surface area contributed by atoms with Crippen LogP contribution in [0.15, 0.2) is 18.2 Å². The molecule has 1 aliphatic heterocycles. The van der Waals surface area contributed by atoms with E-state index in [9.17, 15) is 0 Å². The van der Waals surface area contributed by atoms with Crippen LogP contribution in [-0.2, 0) is 0 Å². The molecule has 0 radical (unpaired) electrons. The van der Waals surface area contributed by atoms with Gasteiger partial charge in [-0.15, -0.1) is 0 Å². The Morgan fingerprint density at radius 2 is 2.00 bits per heavy atom. The Morgan fingerprint density at radius 3 is 2.63 bits per heavy atom. The average molecular weight is 277 g/mol. The second kappa shape index (κ2) is 5.47. The third-order valence-corrected chi connectivity index (χ3v) is 4.01. The van der Waals surface area contributed by atoms with Crippen LogP contribution in [0.1, 0.15) is 44.2 Å². The van der Waals surface area contributed by atoms with Crippen molar-refractivity contribution in [1.29, 1.82) is 0 Å². The third kappa shape index (κ3) is 3.07. The van der Waals surface area contributed by atoms with Crippen molar-refractivity contribution in [2.45, 2.75) is 52.6 Å². The fraction of sp³-hybridized carbons (Fsp3) is 0.533. The van der Waals surface area contributed by atoms with E-state index < -0.39 is 0 Å². The Kier molecular flexibility index (Phi) is 4.11. The maximum absolute atomic E-state index is 5.45. The van der Waals surface area contributed by atoms with Crippen LogP contribution >= 0.6 is 12.2 Å². The second-order valence-electron chi connectivity index (χ2n) is 5.58. The Morgan fingerprint density at radius 1 is 1.26 bits per heavy atom. The van der Waals surface area contributed by atoms with Crippen LogP contribution in [0.25, 0.3) is 0 Å². The van der Waals surface area contributed by atoms with Gasteiger partial charge in [0, 0.05) is 0 Å². The molecule has 1 aromatic carbocycles. The van der Waals surface area contributed by atoms with E-state index in [0.717, 1.165) is 17.2 Å². The van der Waals surface area contributed by atoms with Gasteiger partial charge >= 0.3 is 0 Å². The molecule has 1 fully saturated rings. The molecule has 1 saturated heterocycles. The predicted molar refractivity (Wildman–Crippen MR) is 85.2 cm³/mol. The van der Waals surface area contributed by atoms with Crippen molar-refractivity contribution in [3.05, 3.63) is 29.3 Å². The molecule has 3 nitrogen and oxygen atoms in total. The molecule has 0 unspecified atom stereocenters. The summed E-state index contributed by atoms with van der Waals surface area (Å²) in [4.78, 5) is 0. The lowest BCUT2D eigenvalue weighted by Crippen LogP contribution is -2.48. The second-order valence-corrected chi connectivity index (χ2v) is 5.97. The quantitative estimate of drug-likeness (QED) is 0.825. The average Bonchev–Trinajstić information content (AvgIpc) is 2.66.